The first-order valence-corrected chi connectivity index (χ1v) is 0. The van der Waals surface area contributed by atoms with Crippen LogP contribution in [0.4, 0.5) is 0 Å². The smallest absolute Gasteiger partial charge is 0.870 e. The van der Waals surface area contributed by atoms with E-state index in [0.29, 0.717) is 0 Å². The Kier molecular flexibility index (Phi) is 4070. The molecule has 7 heavy (non-hydrogen) atoms. The van der Waals surface area contributed by atoms with Crippen LogP contribution < -0.4 is 0 Å². The Morgan fingerprint density at radius 1 is 0.429 bits per heavy atom. The van der Waals surface area contributed by atoms with E-state index >= 15 is 0 Å². The van der Waals surface area contributed by atoms with Crippen LogP contribution in [-0.2, 0) is 13.5 Å². The largest absolute Gasteiger partial charge is 3.00 e. The normalized spacial score (nSPS) is 0. The summed E-state index contributed by atoms with van der Waals surface area (Å²) >= 11 is 0. The molecule has 7 heteroatoms. The maximum Gasteiger partial charge on any atom is 3.00 e. The molecular formula is H9CeO5S. The summed E-state index contributed by atoms with van der Waals surface area (Å²) in [5, 5.41) is 0. The van der Waals surface area contributed by atoms with E-state index in [4.69, 9.17) is 0 Å². The summed E-state index contributed by atoms with van der Waals surface area (Å²) in [6.45, 7) is 0. The molecule has 0 saturated heterocycles. The predicted molar refractivity (Wildman–Crippen MR) is 22.6 cm³/mol. The molecule has 0 heterocycles. The van der Waals surface area contributed by atoms with Gasteiger partial charge in [-0.3, -0.25) is 0 Å². The number of hydrogen-bond acceptors (Lipinski definition) is 5. The first-order chi connectivity index (χ1) is 0. The minimum atomic E-state index is 0. The quantitative estimate of drug-likeness (QED) is 0.496. The van der Waals surface area contributed by atoms with Crippen molar-refractivity contribution >= 4 is 13.5 Å². The Morgan fingerprint density at radius 3 is 0.429 bits per heavy atom. The third kappa shape index (κ3) is 98.6. The molecule has 0 bridgehead atoms. The molecule has 0 saturated carbocycles. The second kappa shape index (κ2) is 138. The zero-order chi connectivity index (χ0) is 0. The molecule has 0 fully saturated rings. The minimum Gasteiger partial charge on any atom is -0.870 e. The van der Waals surface area contributed by atoms with Gasteiger partial charge in [0.15, 0.2) is 0 Å². The van der Waals surface area contributed by atoms with Gasteiger partial charge in [-0.2, -0.15) is 0 Å². The first-order valence-electron chi connectivity index (χ1n) is 0. The van der Waals surface area contributed by atoms with Crippen molar-refractivity contribution in [1.29, 1.82) is 0 Å². The molecule has 0 aliphatic rings. The van der Waals surface area contributed by atoms with E-state index in [1.54, 1.807) is 0 Å². The van der Waals surface area contributed by atoms with E-state index in [-0.39, 0.29) is 82.6 Å². The third-order valence-corrected chi connectivity index (χ3v) is 0. The molecular weight excluding hydrogens is 252 g/mol. The third-order valence-electron chi connectivity index (χ3n) is 0. The zero-order valence-corrected chi connectivity index (χ0v) is 8.00. The van der Waals surface area contributed by atoms with Crippen molar-refractivity contribution in [3.8, 4) is 0 Å². The van der Waals surface area contributed by atoms with Gasteiger partial charge in [0.2, 0.25) is 0 Å². The second-order valence-corrected chi connectivity index (χ2v) is 0. The van der Waals surface area contributed by atoms with Gasteiger partial charge in [0.05, 0.1) is 0 Å². The Labute approximate surface area is 81.8 Å². The Bertz CT molecular complexity index is 8.04. The summed E-state index contributed by atoms with van der Waals surface area (Å²) in [5.74, 6) is 0. The van der Waals surface area contributed by atoms with Crippen LogP contribution in [0.3, 0.4) is 0 Å². The van der Waals surface area contributed by atoms with E-state index in [0.717, 1.165) is 0 Å². The molecule has 0 aromatic carbocycles. The molecule has 5 N–H and O–H groups in total. The van der Waals surface area contributed by atoms with Crippen LogP contribution >= 0.6 is 0 Å². The Morgan fingerprint density at radius 2 is 0.429 bits per heavy atom. The van der Waals surface area contributed by atoms with Crippen LogP contribution in [0, 0.1) is 41.7 Å². The molecule has 0 amide bonds. The molecule has 0 aliphatic heterocycles. The number of hydrogen-bond donors (Lipinski definition) is 0. The van der Waals surface area contributed by atoms with Crippen molar-refractivity contribution in [1.82, 2.24) is 0 Å². The fourth-order valence-electron chi connectivity index (χ4n) is 0. The molecule has 0 spiro atoms. The van der Waals surface area contributed by atoms with E-state index in [1.165, 1.54) is 0 Å². The van der Waals surface area contributed by atoms with Crippen LogP contribution in [0.1, 0.15) is 0 Å². The van der Waals surface area contributed by atoms with Gasteiger partial charge < -0.3 is 27.4 Å². The molecule has 0 unspecified atom stereocenters. The van der Waals surface area contributed by atoms with Crippen LogP contribution in [0.25, 0.3) is 0 Å². The molecule has 0 rings (SSSR count). The molecule has 0 atom stereocenters. The van der Waals surface area contributed by atoms with Crippen molar-refractivity contribution in [3.63, 3.8) is 0 Å². The number of rotatable bonds is 0. The van der Waals surface area contributed by atoms with Gasteiger partial charge in [0.1, 0.15) is 0 Å². The average Bonchev–Trinajstić information content (AvgIpc) is 0. The van der Waals surface area contributed by atoms with Gasteiger partial charge in [-0.25, -0.2) is 13.5 Å². The summed E-state index contributed by atoms with van der Waals surface area (Å²) in [4.78, 5) is 0. The topological polar surface area (TPSA) is 150 Å². The maximum absolute atomic E-state index is 0. The minimum absolute atomic E-state index is 0. The van der Waals surface area contributed by atoms with E-state index in [9.17, 15) is 0 Å². The van der Waals surface area contributed by atoms with E-state index in [1.807, 2.05) is 0 Å². The summed E-state index contributed by atoms with van der Waals surface area (Å²) < 4.78 is 0. The monoisotopic (exact) mass is 261 g/mol. The van der Waals surface area contributed by atoms with Gasteiger partial charge >= 0.3 is 41.7 Å². The summed E-state index contributed by atoms with van der Waals surface area (Å²) in [6, 6.07) is 0. The Balaban J connectivity index is 0. The molecule has 0 aromatic rings. The molecule has 5 nitrogen and oxygen atoms in total. The van der Waals surface area contributed by atoms with Gasteiger partial charge in [0, 0.05) is 0 Å². The van der Waals surface area contributed by atoms with Crippen molar-refractivity contribution in [2.24, 2.45) is 0 Å². The maximum atomic E-state index is 0. The van der Waals surface area contributed by atoms with Crippen molar-refractivity contribution in [2.75, 3.05) is 0 Å². The summed E-state index contributed by atoms with van der Waals surface area (Å²) in [5.41, 5.74) is 0. The van der Waals surface area contributed by atoms with Crippen LogP contribution in [0.5, 0.6) is 0 Å². The molecule has 0 aliphatic carbocycles. The summed E-state index contributed by atoms with van der Waals surface area (Å²) in [7, 11) is 0. The predicted octanol–water partition coefficient (Wildman–Crippen LogP) is -1.96. The van der Waals surface area contributed by atoms with Crippen LogP contribution in [0.15, 0.2) is 0 Å². The van der Waals surface area contributed by atoms with Crippen LogP contribution in [-0.4, -0.2) is 27.4 Å². The average molecular weight is 261 g/mol. The fourth-order valence-corrected chi connectivity index (χ4v) is 0. The van der Waals surface area contributed by atoms with Gasteiger partial charge in [-0.05, 0) is 0 Å². The van der Waals surface area contributed by atoms with Gasteiger partial charge in [0.25, 0.3) is 0 Å². The zero-order valence-electron chi connectivity index (χ0n) is 3.44. The second-order valence-electron chi connectivity index (χ2n) is 0. The van der Waals surface area contributed by atoms with Crippen LogP contribution in [0.2, 0.25) is 0 Å². The van der Waals surface area contributed by atoms with E-state index < -0.39 is 0 Å². The van der Waals surface area contributed by atoms with E-state index in [2.05, 4.69) is 0 Å². The van der Waals surface area contributed by atoms with Crippen molar-refractivity contribution in [2.45, 2.75) is 0 Å². The summed E-state index contributed by atoms with van der Waals surface area (Å²) in [6.07, 6.45) is 0. The fraction of sp³-hybridized carbons (Fsp3) is 0. The molecule has 0 aromatic heterocycles. The standard InChI is InChI=1S/Ce.5H2O.H4S/h;5*1H2;1H4/q+3;;;;;;+2/p-5. The van der Waals surface area contributed by atoms with Gasteiger partial charge in [-0.1, -0.05) is 0 Å². The first kappa shape index (κ1) is 207. The molecule has 49 valence electrons. The van der Waals surface area contributed by atoms with Crippen molar-refractivity contribution in [3.05, 3.63) is 0 Å². The SMILES string of the molecule is [Ce+3].[OH-].[OH-].[OH-].[OH-].[OH-].[SH4+2]. The molecule has 1 radical (unpaired) electrons. The Hall–Kier alpha value is 1.53. The van der Waals surface area contributed by atoms with Crippen molar-refractivity contribution < 1.29 is 69.1 Å². The van der Waals surface area contributed by atoms with Gasteiger partial charge in [-0.15, -0.1) is 0 Å².